The molecule has 0 bridgehead atoms. The van der Waals surface area contributed by atoms with Gasteiger partial charge in [-0.3, -0.25) is 6.08 Å². The van der Waals surface area contributed by atoms with Crippen molar-refractivity contribution in [1.82, 2.24) is 0 Å². The SMILES string of the molecule is C1=CCCC=CCC1.CCC1=[C-]CC=C1.[Ru+]. The molecule has 0 saturated heterocycles. The minimum absolute atomic E-state index is 0. The topological polar surface area (TPSA) is 0 Å². The van der Waals surface area contributed by atoms with Crippen molar-refractivity contribution in [2.75, 3.05) is 0 Å². The predicted molar refractivity (Wildman–Crippen MR) is 67.6 cm³/mol. The van der Waals surface area contributed by atoms with E-state index in [0.717, 1.165) is 12.8 Å². The summed E-state index contributed by atoms with van der Waals surface area (Å²) in [7, 11) is 0. The molecule has 0 N–H and O–H groups in total. The zero-order valence-corrected chi connectivity index (χ0v) is 11.8. The molecule has 0 aromatic heterocycles. The molecule has 1 radical (unpaired) electrons. The van der Waals surface area contributed by atoms with Gasteiger partial charge in [-0.1, -0.05) is 37.6 Å². The van der Waals surface area contributed by atoms with E-state index >= 15 is 0 Å². The minimum atomic E-state index is 0. The second-order valence-electron chi connectivity index (χ2n) is 3.76. The van der Waals surface area contributed by atoms with Crippen LogP contribution in [0.5, 0.6) is 0 Å². The summed E-state index contributed by atoms with van der Waals surface area (Å²) in [6.07, 6.45) is 23.7. The van der Waals surface area contributed by atoms with Crippen molar-refractivity contribution in [2.24, 2.45) is 0 Å². The van der Waals surface area contributed by atoms with Crippen molar-refractivity contribution in [3.05, 3.63) is 48.1 Å². The van der Waals surface area contributed by atoms with Gasteiger partial charge in [0.2, 0.25) is 0 Å². The fourth-order valence-electron chi connectivity index (χ4n) is 1.55. The molecule has 0 aromatic carbocycles. The zero-order chi connectivity index (χ0) is 10.8. The van der Waals surface area contributed by atoms with Crippen LogP contribution < -0.4 is 0 Å². The Labute approximate surface area is 113 Å². The summed E-state index contributed by atoms with van der Waals surface area (Å²) in [5.74, 6) is 0. The summed E-state index contributed by atoms with van der Waals surface area (Å²) in [5, 5.41) is 0. The number of allylic oxidation sites excluding steroid dienone is 8. The summed E-state index contributed by atoms with van der Waals surface area (Å²) in [4.78, 5) is 0. The van der Waals surface area contributed by atoms with Gasteiger partial charge in [-0.2, -0.15) is 6.08 Å². The quantitative estimate of drug-likeness (QED) is 0.372. The third-order valence-electron chi connectivity index (χ3n) is 2.48. The molecule has 0 amide bonds. The fourth-order valence-corrected chi connectivity index (χ4v) is 1.55. The molecular formula is C15H21Ru. The maximum atomic E-state index is 3.21. The summed E-state index contributed by atoms with van der Waals surface area (Å²) in [6, 6.07) is 0. The average molecular weight is 302 g/mol. The Bertz CT molecular complexity index is 243. The molecule has 1 heteroatoms. The normalized spacial score (nSPS) is 17.7. The maximum absolute atomic E-state index is 3.21. The molecule has 89 valence electrons. The van der Waals surface area contributed by atoms with Gasteiger partial charge in [-0.05, 0) is 25.7 Å². The molecule has 16 heavy (non-hydrogen) atoms. The van der Waals surface area contributed by atoms with E-state index < -0.39 is 0 Å². The summed E-state index contributed by atoms with van der Waals surface area (Å²) < 4.78 is 0. The van der Waals surface area contributed by atoms with Crippen LogP contribution >= 0.6 is 0 Å². The third kappa shape index (κ3) is 7.82. The van der Waals surface area contributed by atoms with Crippen molar-refractivity contribution in [3.8, 4) is 0 Å². The Kier molecular flexibility index (Phi) is 10.8. The molecule has 0 aliphatic heterocycles. The Morgan fingerprint density at radius 1 is 0.938 bits per heavy atom. The van der Waals surface area contributed by atoms with Gasteiger partial charge in [0, 0.05) is 0 Å². The second-order valence-corrected chi connectivity index (χ2v) is 3.76. The first-order valence-electron chi connectivity index (χ1n) is 5.99. The third-order valence-corrected chi connectivity index (χ3v) is 2.48. The summed E-state index contributed by atoms with van der Waals surface area (Å²) in [6.45, 7) is 2.15. The van der Waals surface area contributed by atoms with Crippen molar-refractivity contribution < 1.29 is 19.5 Å². The molecule has 0 heterocycles. The molecule has 0 nitrogen and oxygen atoms in total. The Morgan fingerprint density at radius 2 is 1.44 bits per heavy atom. The molecule has 2 rings (SSSR count). The van der Waals surface area contributed by atoms with Crippen LogP contribution in [-0.2, 0) is 19.5 Å². The smallest absolute Gasteiger partial charge is 0.270 e. The fraction of sp³-hybridized carbons (Fsp3) is 0.467. The molecule has 0 spiro atoms. The molecule has 0 aromatic rings. The minimum Gasteiger partial charge on any atom is -0.270 e. The van der Waals surface area contributed by atoms with Gasteiger partial charge in [0.05, 0.1) is 0 Å². The molecule has 2 aliphatic rings. The first-order valence-corrected chi connectivity index (χ1v) is 5.99. The molecule has 0 fully saturated rings. The standard InChI is InChI=1S/C8H12.C7H9.Ru/c1-2-4-6-8-7-5-3-1;1-2-7-5-3-4-6-7;/h1-2,7-8H,3-6H2;3,5H,2,4H2,1H3;/q;-1;+1. The van der Waals surface area contributed by atoms with E-state index in [-0.39, 0.29) is 19.5 Å². The monoisotopic (exact) mass is 303 g/mol. The first-order chi connectivity index (χ1) is 7.43. The van der Waals surface area contributed by atoms with E-state index in [1.165, 1.54) is 31.3 Å². The van der Waals surface area contributed by atoms with E-state index in [1.807, 2.05) is 0 Å². The van der Waals surface area contributed by atoms with Crippen LogP contribution in [0, 0.1) is 6.08 Å². The van der Waals surface area contributed by atoms with E-state index in [0.29, 0.717) is 0 Å². The van der Waals surface area contributed by atoms with E-state index in [9.17, 15) is 0 Å². The summed E-state index contributed by atoms with van der Waals surface area (Å²) in [5.41, 5.74) is 1.36. The number of hydrogen-bond acceptors (Lipinski definition) is 0. The van der Waals surface area contributed by atoms with Crippen LogP contribution in [0.3, 0.4) is 0 Å². The van der Waals surface area contributed by atoms with Crippen LogP contribution in [0.2, 0.25) is 0 Å². The van der Waals surface area contributed by atoms with Gasteiger partial charge in [0.25, 0.3) is 0 Å². The Balaban J connectivity index is 0.000000267. The first kappa shape index (κ1) is 15.6. The molecule has 0 unspecified atom stereocenters. The van der Waals surface area contributed by atoms with Gasteiger partial charge < -0.3 is 0 Å². The Morgan fingerprint density at radius 3 is 1.69 bits per heavy atom. The van der Waals surface area contributed by atoms with Crippen molar-refractivity contribution in [1.29, 1.82) is 0 Å². The van der Waals surface area contributed by atoms with E-state index in [2.05, 4.69) is 49.5 Å². The van der Waals surface area contributed by atoms with Crippen LogP contribution in [0.1, 0.15) is 45.4 Å². The van der Waals surface area contributed by atoms with Crippen LogP contribution in [0.4, 0.5) is 0 Å². The molecular weight excluding hydrogens is 281 g/mol. The van der Waals surface area contributed by atoms with Crippen molar-refractivity contribution in [2.45, 2.75) is 45.4 Å². The predicted octanol–water partition coefficient (Wildman–Crippen LogP) is 4.76. The molecule has 0 atom stereocenters. The number of rotatable bonds is 1. The van der Waals surface area contributed by atoms with Gasteiger partial charge >= 0.3 is 19.5 Å². The van der Waals surface area contributed by atoms with E-state index in [1.54, 1.807) is 0 Å². The zero-order valence-electron chi connectivity index (χ0n) is 10.1. The van der Waals surface area contributed by atoms with Gasteiger partial charge in [-0.25, -0.2) is 11.6 Å². The van der Waals surface area contributed by atoms with Gasteiger partial charge in [0.15, 0.2) is 0 Å². The van der Waals surface area contributed by atoms with Crippen molar-refractivity contribution in [3.63, 3.8) is 0 Å². The molecule has 2 aliphatic carbocycles. The Hall–Kier alpha value is -0.417. The largest absolute Gasteiger partial charge is 1.00 e. The average Bonchev–Trinajstić information content (AvgIpc) is 2.69. The van der Waals surface area contributed by atoms with Crippen LogP contribution in [-0.4, -0.2) is 0 Å². The van der Waals surface area contributed by atoms with Crippen LogP contribution in [0.15, 0.2) is 42.0 Å². The van der Waals surface area contributed by atoms with Gasteiger partial charge in [0.1, 0.15) is 0 Å². The van der Waals surface area contributed by atoms with Gasteiger partial charge in [-0.15, -0.1) is 6.42 Å². The van der Waals surface area contributed by atoms with E-state index in [4.69, 9.17) is 0 Å². The number of hydrogen-bond donors (Lipinski definition) is 0. The second kappa shape index (κ2) is 11.1. The van der Waals surface area contributed by atoms with Crippen molar-refractivity contribution >= 4 is 0 Å². The molecule has 0 saturated carbocycles. The van der Waals surface area contributed by atoms with Crippen LogP contribution in [0.25, 0.3) is 0 Å². The maximum Gasteiger partial charge on any atom is 1.00 e. The summed E-state index contributed by atoms with van der Waals surface area (Å²) >= 11 is 0.